The Morgan fingerprint density at radius 3 is 2.23 bits per heavy atom. The topological polar surface area (TPSA) is 32.3 Å². The van der Waals surface area contributed by atoms with Crippen LogP contribution in [-0.2, 0) is 0 Å². The maximum absolute atomic E-state index is 10.0. The molecule has 0 spiro atoms. The lowest BCUT2D eigenvalue weighted by Crippen LogP contribution is -2.39. The van der Waals surface area contributed by atoms with E-state index < -0.39 is 0 Å². The first kappa shape index (κ1) is 9.47. The summed E-state index contributed by atoms with van der Waals surface area (Å²) < 4.78 is 0. The molecule has 2 heteroatoms. The molecule has 13 heavy (non-hydrogen) atoms. The average Bonchev–Trinajstić information content (AvgIpc) is 2.62. The molecule has 0 amide bonds. The molecule has 0 heterocycles. The fraction of sp³-hybridized carbons (Fsp3) is 1.00. The normalized spacial score (nSPS) is 29.1. The summed E-state index contributed by atoms with van der Waals surface area (Å²) in [6, 6.07) is 0. The molecule has 0 aromatic carbocycles. The first-order valence-electron chi connectivity index (χ1n) is 5.55. The highest BCUT2D eigenvalue weighted by Gasteiger charge is 2.38. The Morgan fingerprint density at radius 1 is 1.08 bits per heavy atom. The van der Waals surface area contributed by atoms with Crippen LogP contribution in [0.15, 0.2) is 0 Å². The fourth-order valence-electron chi connectivity index (χ4n) is 2.20. The molecule has 2 rings (SSSR count). The zero-order valence-electron chi connectivity index (χ0n) is 8.60. The van der Waals surface area contributed by atoms with E-state index in [-0.39, 0.29) is 5.60 Å². The van der Waals surface area contributed by atoms with Gasteiger partial charge in [0.25, 0.3) is 0 Å². The Balaban J connectivity index is 1.66. The van der Waals surface area contributed by atoms with Crippen molar-refractivity contribution in [1.82, 2.24) is 5.32 Å². The number of rotatable bonds is 4. The van der Waals surface area contributed by atoms with Crippen molar-refractivity contribution in [3.63, 3.8) is 0 Å². The minimum absolute atomic E-state index is 0.370. The molecule has 76 valence electrons. The van der Waals surface area contributed by atoms with Crippen molar-refractivity contribution in [1.29, 1.82) is 0 Å². The maximum Gasteiger partial charge on any atom is 0.0771 e. The molecule has 2 aliphatic carbocycles. The Bertz CT molecular complexity index is 181. The quantitative estimate of drug-likeness (QED) is 0.695. The van der Waals surface area contributed by atoms with Crippen LogP contribution < -0.4 is 5.32 Å². The first-order chi connectivity index (χ1) is 6.12. The van der Waals surface area contributed by atoms with Gasteiger partial charge in [-0.15, -0.1) is 0 Å². The summed E-state index contributed by atoms with van der Waals surface area (Å²) in [6.07, 6.45) is 7.12. The van der Waals surface area contributed by atoms with E-state index in [0.29, 0.717) is 5.41 Å². The molecule has 0 saturated heterocycles. The van der Waals surface area contributed by atoms with Gasteiger partial charge in [0.2, 0.25) is 0 Å². The zero-order valence-corrected chi connectivity index (χ0v) is 8.60. The summed E-state index contributed by atoms with van der Waals surface area (Å²) >= 11 is 0. The van der Waals surface area contributed by atoms with E-state index in [4.69, 9.17) is 0 Å². The molecule has 2 aliphatic rings. The lowest BCUT2D eigenvalue weighted by molar-refractivity contribution is 0.0468. The number of aliphatic hydroxyl groups is 1. The summed E-state index contributed by atoms with van der Waals surface area (Å²) in [7, 11) is 0. The van der Waals surface area contributed by atoms with Gasteiger partial charge in [0.05, 0.1) is 5.60 Å². The lowest BCUT2D eigenvalue weighted by Gasteiger charge is -2.23. The van der Waals surface area contributed by atoms with E-state index in [1.807, 2.05) is 0 Å². The minimum atomic E-state index is -0.370. The number of hydrogen-bond donors (Lipinski definition) is 2. The van der Waals surface area contributed by atoms with Crippen LogP contribution in [0.2, 0.25) is 0 Å². The van der Waals surface area contributed by atoms with E-state index in [1.54, 1.807) is 0 Å². The Morgan fingerprint density at radius 2 is 1.69 bits per heavy atom. The standard InChI is InChI=1S/C11H21NO/c1-10(6-7-10)8-12-9-11(13)4-2-3-5-11/h12-13H,2-9H2,1H3. The SMILES string of the molecule is CC1(CNCC2(O)CCCC2)CC1. The van der Waals surface area contributed by atoms with Gasteiger partial charge in [-0.1, -0.05) is 19.8 Å². The van der Waals surface area contributed by atoms with Crippen molar-refractivity contribution in [3.05, 3.63) is 0 Å². The van der Waals surface area contributed by atoms with E-state index in [1.165, 1.54) is 25.7 Å². The lowest BCUT2D eigenvalue weighted by atomic mass is 10.0. The molecule has 0 aromatic heterocycles. The predicted molar refractivity (Wildman–Crippen MR) is 53.6 cm³/mol. The molecule has 2 fully saturated rings. The second kappa shape index (κ2) is 3.25. The molecule has 0 bridgehead atoms. The van der Waals surface area contributed by atoms with Gasteiger partial charge in [-0.25, -0.2) is 0 Å². The summed E-state index contributed by atoms with van der Waals surface area (Å²) in [5.41, 5.74) is 0.195. The van der Waals surface area contributed by atoms with Gasteiger partial charge in [-0.3, -0.25) is 0 Å². The van der Waals surface area contributed by atoms with Gasteiger partial charge >= 0.3 is 0 Å². The highest BCUT2D eigenvalue weighted by Crippen LogP contribution is 2.44. The van der Waals surface area contributed by atoms with Crippen LogP contribution >= 0.6 is 0 Å². The summed E-state index contributed by atoms with van der Waals surface area (Å²) in [4.78, 5) is 0. The minimum Gasteiger partial charge on any atom is -0.389 e. The van der Waals surface area contributed by atoms with Crippen LogP contribution in [0.3, 0.4) is 0 Å². The highest BCUT2D eigenvalue weighted by atomic mass is 16.3. The van der Waals surface area contributed by atoms with Crippen molar-refractivity contribution in [2.75, 3.05) is 13.1 Å². The number of nitrogens with one attached hydrogen (secondary N) is 1. The summed E-state index contributed by atoms with van der Waals surface area (Å²) in [5.74, 6) is 0. The molecule has 0 unspecified atom stereocenters. The van der Waals surface area contributed by atoms with Crippen LogP contribution in [0.25, 0.3) is 0 Å². The molecule has 2 nitrogen and oxygen atoms in total. The maximum atomic E-state index is 10.0. The van der Waals surface area contributed by atoms with E-state index in [0.717, 1.165) is 25.9 Å². The summed E-state index contributed by atoms with van der Waals surface area (Å²) in [5, 5.41) is 13.5. The Kier molecular flexibility index (Phi) is 2.37. The van der Waals surface area contributed by atoms with Gasteiger partial charge in [0, 0.05) is 13.1 Å². The van der Waals surface area contributed by atoms with Crippen molar-refractivity contribution in [3.8, 4) is 0 Å². The molecular formula is C11H21NO. The van der Waals surface area contributed by atoms with Crippen molar-refractivity contribution >= 4 is 0 Å². The molecule has 0 aromatic rings. The first-order valence-corrected chi connectivity index (χ1v) is 5.55. The Labute approximate surface area is 80.7 Å². The average molecular weight is 183 g/mol. The van der Waals surface area contributed by atoms with Crippen molar-refractivity contribution in [2.24, 2.45) is 5.41 Å². The molecule has 2 N–H and O–H groups in total. The van der Waals surface area contributed by atoms with Crippen LogP contribution in [-0.4, -0.2) is 23.8 Å². The third-order valence-corrected chi connectivity index (χ3v) is 3.64. The zero-order chi connectivity index (χ0) is 9.36. The van der Waals surface area contributed by atoms with Gasteiger partial charge in [-0.05, 0) is 31.1 Å². The van der Waals surface area contributed by atoms with E-state index >= 15 is 0 Å². The van der Waals surface area contributed by atoms with Gasteiger partial charge < -0.3 is 10.4 Å². The third-order valence-electron chi connectivity index (χ3n) is 3.64. The van der Waals surface area contributed by atoms with Crippen LogP contribution in [0.4, 0.5) is 0 Å². The molecular weight excluding hydrogens is 162 g/mol. The highest BCUT2D eigenvalue weighted by molar-refractivity contribution is 4.92. The van der Waals surface area contributed by atoms with Crippen LogP contribution in [0.1, 0.15) is 45.4 Å². The predicted octanol–water partition coefficient (Wildman–Crippen LogP) is 1.68. The number of hydrogen-bond acceptors (Lipinski definition) is 2. The Hall–Kier alpha value is -0.0800. The van der Waals surface area contributed by atoms with Gasteiger partial charge in [-0.2, -0.15) is 0 Å². The monoisotopic (exact) mass is 183 g/mol. The molecule has 2 saturated carbocycles. The second-order valence-corrected chi connectivity index (χ2v) is 5.35. The van der Waals surface area contributed by atoms with Crippen LogP contribution in [0, 0.1) is 5.41 Å². The van der Waals surface area contributed by atoms with Crippen LogP contribution in [0.5, 0.6) is 0 Å². The largest absolute Gasteiger partial charge is 0.389 e. The fourth-order valence-corrected chi connectivity index (χ4v) is 2.20. The summed E-state index contributed by atoms with van der Waals surface area (Å²) in [6.45, 7) is 4.22. The molecule has 0 aliphatic heterocycles. The molecule has 0 atom stereocenters. The van der Waals surface area contributed by atoms with Gasteiger partial charge in [0.15, 0.2) is 0 Å². The van der Waals surface area contributed by atoms with E-state index in [2.05, 4.69) is 12.2 Å². The van der Waals surface area contributed by atoms with Crippen molar-refractivity contribution < 1.29 is 5.11 Å². The van der Waals surface area contributed by atoms with Crippen molar-refractivity contribution in [2.45, 2.75) is 51.0 Å². The third kappa shape index (κ3) is 2.44. The second-order valence-electron chi connectivity index (χ2n) is 5.35. The smallest absolute Gasteiger partial charge is 0.0771 e. The van der Waals surface area contributed by atoms with Gasteiger partial charge in [0.1, 0.15) is 0 Å². The molecule has 0 radical (unpaired) electrons. The van der Waals surface area contributed by atoms with E-state index in [9.17, 15) is 5.11 Å².